The lowest BCUT2D eigenvalue weighted by molar-refractivity contribution is -0.145. The van der Waals surface area contributed by atoms with Crippen LogP contribution in [0.15, 0.2) is 29.8 Å². The Kier molecular flexibility index (Phi) is 7.83. The lowest BCUT2D eigenvalue weighted by Crippen LogP contribution is -2.59. The summed E-state index contributed by atoms with van der Waals surface area (Å²) >= 11 is 1.54. The van der Waals surface area contributed by atoms with Gasteiger partial charge in [0.1, 0.15) is 23.6 Å². The van der Waals surface area contributed by atoms with Gasteiger partial charge in [-0.25, -0.2) is 9.37 Å². The normalized spacial score (nSPS) is 23.4. The molecule has 2 aromatic rings. The molecule has 1 aromatic heterocycles. The fourth-order valence-electron chi connectivity index (χ4n) is 4.79. The second-order valence-corrected chi connectivity index (χ2v) is 12.4. The van der Waals surface area contributed by atoms with Crippen LogP contribution in [0.25, 0.3) is 10.4 Å². The first-order chi connectivity index (χ1) is 18.3. The Labute approximate surface area is 231 Å². The monoisotopic (exact) mass is 555 g/mol. The van der Waals surface area contributed by atoms with Crippen molar-refractivity contribution in [2.24, 2.45) is 10.8 Å². The molecule has 2 fully saturated rings. The number of likely N-dealkylation sites (tertiary alicyclic amines) is 1. The number of hydrogen-bond donors (Lipinski definition) is 3. The summed E-state index contributed by atoms with van der Waals surface area (Å²) in [6.07, 6.45) is -2.73. The van der Waals surface area contributed by atoms with Crippen LogP contribution in [-0.4, -0.2) is 63.6 Å². The number of thiazole rings is 1. The number of amides is 3. The number of aliphatic hydroxyl groups is 1. The number of nitrogens with zero attached hydrogens (tertiary/aromatic N) is 3. The maximum Gasteiger partial charge on any atom is 0.246 e. The molecule has 2 heterocycles. The molecule has 5 atom stereocenters. The summed E-state index contributed by atoms with van der Waals surface area (Å²) in [5.74, 6) is -1.97. The van der Waals surface area contributed by atoms with E-state index in [1.54, 1.807) is 33.2 Å². The summed E-state index contributed by atoms with van der Waals surface area (Å²) in [5.41, 5.74) is 2.53. The second kappa shape index (κ2) is 10.7. The molecule has 0 spiro atoms. The molecule has 1 aliphatic carbocycles. The summed E-state index contributed by atoms with van der Waals surface area (Å²) in [4.78, 5) is 46.1. The van der Waals surface area contributed by atoms with E-state index in [0.717, 1.165) is 26.6 Å². The van der Waals surface area contributed by atoms with E-state index in [1.807, 2.05) is 37.3 Å². The summed E-state index contributed by atoms with van der Waals surface area (Å²) in [6, 6.07) is 6.41. The average Bonchev–Trinajstić information content (AvgIpc) is 3.49. The van der Waals surface area contributed by atoms with E-state index in [9.17, 15) is 24.8 Å². The predicted molar refractivity (Wildman–Crippen MR) is 144 cm³/mol. The zero-order valence-electron chi connectivity index (χ0n) is 22.7. The van der Waals surface area contributed by atoms with Crippen molar-refractivity contribution >= 4 is 29.1 Å². The van der Waals surface area contributed by atoms with E-state index < -0.39 is 59.0 Å². The molecule has 2 aliphatic rings. The number of benzene rings is 1. The van der Waals surface area contributed by atoms with Crippen molar-refractivity contribution in [3.05, 3.63) is 41.0 Å². The summed E-state index contributed by atoms with van der Waals surface area (Å²) in [6.45, 7) is 8.50. The molecule has 1 aromatic carbocycles. The Hall–Kier alpha value is -3.36. The zero-order valence-corrected chi connectivity index (χ0v) is 23.5. The van der Waals surface area contributed by atoms with E-state index >= 15 is 4.39 Å². The highest BCUT2D eigenvalue weighted by atomic mass is 32.1. The van der Waals surface area contributed by atoms with Crippen LogP contribution in [0.4, 0.5) is 4.39 Å². The van der Waals surface area contributed by atoms with Crippen LogP contribution in [0.2, 0.25) is 0 Å². The van der Waals surface area contributed by atoms with Gasteiger partial charge >= 0.3 is 0 Å². The van der Waals surface area contributed by atoms with Crippen LogP contribution in [0.3, 0.4) is 0 Å². The number of aromatic nitrogens is 1. The minimum Gasteiger partial charge on any atom is -0.388 e. The van der Waals surface area contributed by atoms with Crippen molar-refractivity contribution in [2.75, 3.05) is 6.54 Å². The van der Waals surface area contributed by atoms with E-state index in [1.165, 1.54) is 11.3 Å². The first-order valence-electron chi connectivity index (χ1n) is 12.9. The van der Waals surface area contributed by atoms with Crippen LogP contribution < -0.4 is 10.6 Å². The van der Waals surface area contributed by atoms with E-state index in [2.05, 4.69) is 15.6 Å². The van der Waals surface area contributed by atoms with Gasteiger partial charge in [-0.1, -0.05) is 45.0 Å². The molecule has 11 heteroatoms. The lowest BCUT2D eigenvalue weighted by Gasteiger charge is -2.36. The van der Waals surface area contributed by atoms with Gasteiger partial charge in [0.05, 0.1) is 34.7 Å². The highest BCUT2D eigenvalue weighted by Crippen LogP contribution is 2.45. The molecule has 0 radical (unpaired) electrons. The summed E-state index contributed by atoms with van der Waals surface area (Å²) in [5, 5.41) is 25.1. The van der Waals surface area contributed by atoms with E-state index in [-0.39, 0.29) is 6.54 Å². The van der Waals surface area contributed by atoms with Crippen molar-refractivity contribution in [3.63, 3.8) is 0 Å². The number of carbonyl (C=O) groups is 3. The molecular weight excluding hydrogens is 521 g/mol. The Morgan fingerprint density at radius 2 is 1.87 bits per heavy atom. The van der Waals surface area contributed by atoms with E-state index in [0.29, 0.717) is 12.8 Å². The van der Waals surface area contributed by atoms with E-state index in [4.69, 9.17) is 0 Å². The second-order valence-electron chi connectivity index (χ2n) is 11.5. The van der Waals surface area contributed by atoms with Crippen LogP contribution in [0, 0.1) is 29.1 Å². The maximum absolute atomic E-state index is 15.2. The predicted octanol–water partition coefficient (Wildman–Crippen LogP) is 3.04. The third kappa shape index (κ3) is 5.68. The summed E-state index contributed by atoms with van der Waals surface area (Å²) < 4.78 is 15.2. The topological polar surface area (TPSA) is 135 Å². The van der Waals surface area contributed by atoms with Gasteiger partial charge in [0.2, 0.25) is 17.7 Å². The average molecular weight is 556 g/mol. The lowest BCUT2D eigenvalue weighted by atomic mass is 9.85. The minimum atomic E-state index is -2.00. The number of hydrogen-bond acceptors (Lipinski definition) is 7. The van der Waals surface area contributed by atoms with Gasteiger partial charge < -0.3 is 20.6 Å². The smallest absolute Gasteiger partial charge is 0.246 e. The highest BCUT2D eigenvalue weighted by Gasteiger charge is 2.54. The van der Waals surface area contributed by atoms with Crippen molar-refractivity contribution < 1.29 is 23.9 Å². The number of aryl methyl sites for hydroxylation is 1. The Bertz CT molecular complexity index is 1290. The third-order valence-electron chi connectivity index (χ3n) is 7.50. The standard InChI is InChI=1S/C28H34FN5O4S/c1-15(17-6-8-18(9-7-17)22-16(2)31-14-39-22)32-24(36)21-20(29)19(35)12-34(21)25(37)23(27(3,4)5)33-26(38)28(13-30)10-11-28/h6-9,14-15,19-21,23,35H,10-12H2,1-5H3,(H,32,36)(H,33,38)/t15-,19-,20-,21?,23+/m0/s1. The molecule has 1 saturated carbocycles. The molecule has 0 bridgehead atoms. The molecule has 1 saturated heterocycles. The van der Waals surface area contributed by atoms with Gasteiger partial charge in [-0.15, -0.1) is 11.3 Å². The summed E-state index contributed by atoms with van der Waals surface area (Å²) in [7, 11) is 0. The molecule has 1 unspecified atom stereocenters. The minimum absolute atomic E-state index is 0.388. The Morgan fingerprint density at radius 1 is 1.23 bits per heavy atom. The van der Waals surface area contributed by atoms with Crippen LogP contribution in [0.5, 0.6) is 0 Å². The molecule has 39 heavy (non-hydrogen) atoms. The number of alkyl halides is 1. The molecule has 208 valence electrons. The number of aliphatic hydroxyl groups excluding tert-OH is 1. The van der Waals surface area contributed by atoms with Crippen LogP contribution in [-0.2, 0) is 14.4 Å². The Balaban J connectivity index is 1.50. The molecule has 1 aliphatic heterocycles. The third-order valence-corrected chi connectivity index (χ3v) is 8.48. The molecular formula is C28H34FN5O4S. The Morgan fingerprint density at radius 3 is 2.38 bits per heavy atom. The number of carbonyl (C=O) groups excluding carboxylic acids is 3. The van der Waals surface area contributed by atoms with Crippen molar-refractivity contribution in [1.29, 1.82) is 5.26 Å². The van der Waals surface area contributed by atoms with Gasteiger partial charge in [-0.05, 0) is 43.2 Å². The molecule has 9 nitrogen and oxygen atoms in total. The van der Waals surface area contributed by atoms with Crippen molar-refractivity contribution in [3.8, 4) is 16.5 Å². The number of β-amino-alcohol motifs (C(OH)–C–C–N with tert-alkyl or cyclic N) is 1. The van der Waals surface area contributed by atoms with Gasteiger partial charge in [0.15, 0.2) is 6.17 Å². The molecule has 3 amide bonds. The maximum atomic E-state index is 15.2. The van der Waals surface area contributed by atoms with Gasteiger partial charge in [0.25, 0.3) is 0 Å². The van der Waals surface area contributed by atoms with Gasteiger partial charge in [-0.2, -0.15) is 5.26 Å². The molecule has 4 rings (SSSR count). The number of nitrogens with one attached hydrogen (secondary N) is 2. The fraction of sp³-hybridized carbons (Fsp3) is 0.536. The van der Waals surface area contributed by atoms with Crippen LogP contribution >= 0.6 is 11.3 Å². The fourth-order valence-corrected chi connectivity index (χ4v) is 5.61. The highest BCUT2D eigenvalue weighted by molar-refractivity contribution is 7.13. The van der Waals surface area contributed by atoms with Gasteiger partial charge in [-0.3, -0.25) is 14.4 Å². The SMILES string of the molecule is Cc1ncsc1-c1ccc([C@H](C)NC(=O)C2[C@@H](F)[C@@H](O)CN2C(=O)[C@@H](NC(=O)C2(C#N)CC2)C(C)(C)C)cc1. The van der Waals surface area contributed by atoms with Crippen molar-refractivity contribution in [1.82, 2.24) is 20.5 Å². The number of halogens is 1. The first kappa shape index (κ1) is 28.6. The first-order valence-corrected chi connectivity index (χ1v) is 13.8. The molecule has 3 N–H and O–H groups in total. The van der Waals surface area contributed by atoms with Crippen LogP contribution in [0.1, 0.15) is 57.8 Å². The number of nitriles is 1. The zero-order chi connectivity index (χ0) is 28.7. The van der Waals surface area contributed by atoms with Crippen molar-refractivity contribution in [2.45, 2.75) is 77.9 Å². The largest absolute Gasteiger partial charge is 0.388 e. The quantitative estimate of drug-likeness (QED) is 0.481. The van der Waals surface area contributed by atoms with Gasteiger partial charge in [0, 0.05) is 0 Å². The number of rotatable bonds is 7.